The molecule has 1 N–H and O–H groups in total. The highest BCUT2D eigenvalue weighted by Crippen LogP contribution is 2.13. The number of carbonyl (C=O) groups is 1. The molecule has 2 aromatic heterocycles. The molecule has 0 radical (unpaired) electrons. The number of aromatic nitrogens is 5. The molecule has 0 saturated heterocycles. The van der Waals surface area contributed by atoms with E-state index < -0.39 is 11.9 Å². The lowest BCUT2D eigenvalue weighted by molar-refractivity contribution is 0.0946. The lowest BCUT2D eigenvalue weighted by atomic mass is 10.1. The first-order valence-corrected chi connectivity index (χ1v) is 6.72. The van der Waals surface area contributed by atoms with Gasteiger partial charge in [-0.2, -0.15) is 4.39 Å². The average Bonchev–Trinajstić information content (AvgIpc) is 2.61. The Morgan fingerprint density at radius 1 is 1.09 bits per heavy atom. The Morgan fingerprint density at radius 3 is 2.52 bits per heavy atom. The minimum absolute atomic E-state index is 0.0843. The van der Waals surface area contributed by atoms with Crippen molar-refractivity contribution in [3.63, 3.8) is 0 Å². The molecule has 1 amide bonds. The van der Waals surface area contributed by atoms with Crippen LogP contribution in [0.25, 0.3) is 11.4 Å². The molecule has 0 spiro atoms. The van der Waals surface area contributed by atoms with E-state index >= 15 is 0 Å². The van der Waals surface area contributed by atoms with Crippen molar-refractivity contribution in [2.24, 2.45) is 0 Å². The van der Waals surface area contributed by atoms with E-state index in [1.165, 1.54) is 24.7 Å². The molecule has 2 heterocycles. The molecule has 0 aliphatic carbocycles. The van der Waals surface area contributed by atoms with Gasteiger partial charge in [0.15, 0.2) is 6.33 Å². The van der Waals surface area contributed by atoms with Crippen molar-refractivity contribution < 1.29 is 9.18 Å². The van der Waals surface area contributed by atoms with Crippen LogP contribution in [0.5, 0.6) is 0 Å². The zero-order chi connectivity index (χ0) is 16.1. The van der Waals surface area contributed by atoms with E-state index in [0.717, 1.165) is 11.1 Å². The normalized spacial score (nSPS) is 10.3. The van der Waals surface area contributed by atoms with Gasteiger partial charge in [-0.3, -0.25) is 4.79 Å². The van der Waals surface area contributed by atoms with Gasteiger partial charge in [0.1, 0.15) is 0 Å². The Balaban J connectivity index is 1.65. The monoisotopic (exact) mass is 310 g/mol. The number of benzene rings is 1. The third kappa shape index (κ3) is 3.49. The molecule has 0 unspecified atom stereocenters. The molecule has 0 saturated carbocycles. The molecule has 7 nitrogen and oxygen atoms in total. The van der Waals surface area contributed by atoms with E-state index in [1.807, 2.05) is 12.1 Å². The highest BCUT2D eigenvalue weighted by molar-refractivity contribution is 5.94. The predicted molar refractivity (Wildman–Crippen MR) is 78.4 cm³/mol. The smallest absolute Gasteiger partial charge is 0.256 e. The first-order valence-electron chi connectivity index (χ1n) is 6.72. The average molecular weight is 310 g/mol. The van der Waals surface area contributed by atoms with Crippen molar-refractivity contribution in [3.8, 4) is 11.4 Å². The van der Waals surface area contributed by atoms with Crippen LogP contribution >= 0.6 is 0 Å². The van der Waals surface area contributed by atoms with Crippen LogP contribution in [0.2, 0.25) is 0 Å². The molecule has 114 valence electrons. The Labute approximate surface area is 130 Å². The zero-order valence-corrected chi connectivity index (χ0v) is 11.8. The molecule has 1 aromatic carbocycles. The fourth-order valence-electron chi connectivity index (χ4n) is 1.92. The summed E-state index contributed by atoms with van der Waals surface area (Å²) in [5.41, 5.74) is 1.53. The maximum Gasteiger partial charge on any atom is 0.256 e. The summed E-state index contributed by atoms with van der Waals surface area (Å²) in [6.45, 7) is 0.263. The van der Waals surface area contributed by atoms with Gasteiger partial charge >= 0.3 is 0 Å². The minimum atomic E-state index is -0.790. The number of rotatable bonds is 4. The quantitative estimate of drug-likeness (QED) is 0.732. The Morgan fingerprint density at radius 2 is 1.83 bits per heavy atom. The third-order valence-electron chi connectivity index (χ3n) is 3.08. The van der Waals surface area contributed by atoms with E-state index in [4.69, 9.17) is 0 Å². The fraction of sp³-hybridized carbons (Fsp3) is 0.0667. The molecule has 0 aliphatic rings. The van der Waals surface area contributed by atoms with Crippen LogP contribution in [-0.2, 0) is 6.54 Å². The maximum absolute atomic E-state index is 13.4. The first-order chi connectivity index (χ1) is 11.2. The second kappa shape index (κ2) is 6.65. The predicted octanol–water partition coefficient (Wildman–Crippen LogP) is 1.40. The summed E-state index contributed by atoms with van der Waals surface area (Å²) in [6.07, 6.45) is 2.55. The summed E-state index contributed by atoms with van der Waals surface area (Å²) < 4.78 is 13.4. The van der Waals surface area contributed by atoms with Crippen LogP contribution in [-0.4, -0.2) is 31.3 Å². The third-order valence-corrected chi connectivity index (χ3v) is 3.08. The van der Waals surface area contributed by atoms with Gasteiger partial charge in [-0.25, -0.2) is 4.98 Å². The summed E-state index contributed by atoms with van der Waals surface area (Å²) in [7, 11) is 0. The van der Waals surface area contributed by atoms with Gasteiger partial charge in [0, 0.05) is 18.3 Å². The largest absolute Gasteiger partial charge is 0.348 e. The van der Waals surface area contributed by atoms with Crippen molar-refractivity contribution >= 4 is 5.91 Å². The van der Waals surface area contributed by atoms with Gasteiger partial charge in [-0.1, -0.05) is 24.3 Å². The molecular weight excluding hydrogens is 299 g/mol. The van der Waals surface area contributed by atoms with E-state index in [9.17, 15) is 9.18 Å². The van der Waals surface area contributed by atoms with E-state index in [0.29, 0.717) is 5.82 Å². The molecule has 3 aromatic rings. The van der Waals surface area contributed by atoms with Crippen LogP contribution < -0.4 is 5.32 Å². The summed E-state index contributed by atoms with van der Waals surface area (Å²) >= 11 is 0. The second-order valence-corrected chi connectivity index (χ2v) is 4.59. The number of hydrogen-bond donors (Lipinski definition) is 1. The standard InChI is InChI=1S/C15H11FN6O/c16-13-12(2-1-7-17-13)15(23)18-8-10-3-5-11(6-4-10)14-21-19-9-20-22-14/h1-7,9H,8H2,(H,18,23). The number of nitrogens with zero attached hydrogens (tertiary/aromatic N) is 5. The Bertz CT molecular complexity index is 810. The zero-order valence-electron chi connectivity index (χ0n) is 11.8. The van der Waals surface area contributed by atoms with Crippen molar-refractivity contribution in [2.45, 2.75) is 6.54 Å². The molecule has 0 bridgehead atoms. The maximum atomic E-state index is 13.4. The second-order valence-electron chi connectivity index (χ2n) is 4.59. The summed E-state index contributed by atoms with van der Waals surface area (Å²) in [6, 6.07) is 10.1. The van der Waals surface area contributed by atoms with Crippen LogP contribution in [0.15, 0.2) is 48.9 Å². The lowest BCUT2D eigenvalue weighted by Crippen LogP contribution is -2.24. The number of amides is 1. The minimum Gasteiger partial charge on any atom is -0.348 e. The van der Waals surface area contributed by atoms with Crippen molar-refractivity contribution in [1.82, 2.24) is 30.7 Å². The summed E-state index contributed by atoms with van der Waals surface area (Å²) in [5, 5.41) is 17.7. The fourth-order valence-corrected chi connectivity index (χ4v) is 1.92. The van der Waals surface area contributed by atoms with E-state index in [-0.39, 0.29) is 12.1 Å². The summed E-state index contributed by atoms with van der Waals surface area (Å²) in [5.74, 6) is -0.887. The number of carbonyl (C=O) groups excluding carboxylic acids is 1. The number of hydrogen-bond acceptors (Lipinski definition) is 6. The number of nitrogens with one attached hydrogen (secondary N) is 1. The number of pyridine rings is 1. The topological polar surface area (TPSA) is 93.6 Å². The lowest BCUT2D eigenvalue weighted by Gasteiger charge is -2.06. The molecule has 8 heteroatoms. The van der Waals surface area contributed by atoms with Crippen LogP contribution in [0, 0.1) is 5.95 Å². The Hall–Kier alpha value is -3.29. The molecule has 23 heavy (non-hydrogen) atoms. The highest BCUT2D eigenvalue weighted by Gasteiger charge is 2.11. The van der Waals surface area contributed by atoms with Gasteiger partial charge in [0.2, 0.25) is 11.8 Å². The Kier molecular flexibility index (Phi) is 4.23. The highest BCUT2D eigenvalue weighted by atomic mass is 19.1. The molecule has 0 aliphatic heterocycles. The van der Waals surface area contributed by atoms with Crippen molar-refractivity contribution in [3.05, 3.63) is 66.0 Å². The van der Waals surface area contributed by atoms with Gasteiger partial charge < -0.3 is 5.32 Å². The van der Waals surface area contributed by atoms with Crippen molar-refractivity contribution in [2.75, 3.05) is 0 Å². The first kappa shape index (κ1) is 14.6. The summed E-state index contributed by atoms with van der Waals surface area (Å²) in [4.78, 5) is 15.3. The van der Waals surface area contributed by atoms with Crippen molar-refractivity contribution in [1.29, 1.82) is 0 Å². The molecule has 0 atom stereocenters. The van der Waals surface area contributed by atoms with E-state index in [1.54, 1.807) is 12.1 Å². The van der Waals surface area contributed by atoms with Gasteiger partial charge in [0.05, 0.1) is 5.56 Å². The van der Waals surface area contributed by atoms with Gasteiger partial charge in [-0.05, 0) is 17.7 Å². The van der Waals surface area contributed by atoms with Crippen LogP contribution in [0.4, 0.5) is 4.39 Å². The molecular formula is C15H11FN6O. The van der Waals surface area contributed by atoms with Gasteiger partial charge in [-0.15, -0.1) is 20.4 Å². The number of halogens is 1. The van der Waals surface area contributed by atoms with Gasteiger partial charge in [0.25, 0.3) is 5.91 Å². The molecule has 0 fully saturated rings. The van der Waals surface area contributed by atoms with Crippen LogP contribution in [0.3, 0.4) is 0 Å². The van der Waals surface area contributed by atoms with Crippen LogP contribution in [0.1, 0.15) is 15.9 Å². The SMILES string of the molecule is O=C(NCc1ccc(-c2nncnn2)cc1)c1cccnc1F. The van der Waals surface area contributed by atoms with E-state index in [2.05, 4.69) is 30.7 Å². The molecule has 3 rings (SSSR count).